The van der Waals surface area contributed by atoms with Gasteiger partial charge in [-0.1, -0.05) is 72.3 Å². The van der Waals surface area contributed by atoms with Gasteiger partial charge in [-0.25, -0.2) is 19.3 Å². The van der Waals surface area contributed by atoms with Crippen molar-refractivity contribution in [1.82, 2.24) is 15.5 Å². The van der Waals surface area contributed by atoms with Crippen molar-refractivity contribution < 1.29 is 23.9 Å². The van der Waals surface area contributed by atoms with Crippen LogP contribution in [0.5, 0.6) is 5.75 Å². The van der Waals surface area contributed by atoms with Gasteiger partial charge in [-0.05, 0) is 49.2 Å². The van der Waals surface area contributed by atoms with E-state index in [1.54, 1.807) is 62.4 Å². The smallest absolute Gasteiger partial charge is 0.338 e. The molecule has 9 heteroatoms. The summed E-state index contributed by atoms with van der Waals surface area (Å²) in [6, 6.07) is 22.3. The van der Waals surface area contributed by atoms with Gasteiger partial charge in [-0.3, -0.25) is 0 Å². The number of imide groups is 1. The van der Waals surface area contributed by atoms with Gasteiger partial charge in [-0.15, -0.1) is 0 Å². The Hall–Kier alpha value is -4.30. The van der Waals surface area contributed by atoms with Crippen LogP contribution >= 0.6 is 11.6 Å². The van der Waals surface area contributed by atoms with E-state index in [9.17, 15) is 14.4 Å². The molecule has 0 radical (unpaired) electrons. The fraction of sp³-hybridized carbons (Fsp3) is 0.179. The highest BCUT2D eigenvalue weighted by atomic mass is 35.5. The molecular formula is C28H26ClN3O5. The van der Waals surface area contributed by atoms with Crippen LogP contribution in [0.4, 0.5) is 9.59 Å². The van der Waals surface area contributed by atoms with Gasteiger partial charge in [0, 0.05) is 10.7 Å². The molecule has 8 nitrogen and oxygen atoms in total. The summed E-state index contributed by atoms with van der Waals surface area (Å²) in [7, 11) is 0. The van der Waals surface area contributed by atoms with E-state index in [4.69, 9.17) is 21.1 Å². The Labute approximate surface area is 219 Å². The van der Waals surface area contributed by atoms with Crippen LogP contribution in [0.25, 0.3) is 0 Å². The highest BCUT2D eigenvalue weighted by Crippen LogP contribution is 2.35. The summed E-state index contributed by atoms with van der Waals surface area (Å²) in [5.41, 5.74) is 1.67. The molecule has 1 aliphatic heterocycles. The Balaban J connectivity index is 1.63. The molecule has 1 aliphatic rings. The van der Waals surface area contributed by atoms with Gasteiger partial charge in [0.25, 0.3) is 0 Å². The second-order valence-electron chi connectivity index (χ2n) is 8.38. The molecule has 0 aliphatic carbocycles. The van der Waals surface area contributed by atoms with Crippen molar-refractivity contribution in [2.24, 2.45) is 0 Å². The van der Waals surface area contributed by atoms with Crippen LogP contribution in [0.15, 0.2) is 96.2 Å². The molecule has 0 saturated carbocycles. The molecule has 2 unspecified atom stereocenters. The Morgan fingerprint density at radius 3 is 2.38 bits per heavy atom. The van der Waals surface area contributed by atoms with Gasteiger partial charge >= 0.3 is 18.0 Å². The number of nitrogens with zero attached hydrogens (tertiary/aromatic N) is 1. The zero-order chi connectivity index (χ0) is 26.4. The van der Waals surface area contributed by atoms with Crippen LogP contribution in [0.2, 0.25) is 5.02 Å². The van der Waals surface area contributed by atoms with Gasteiger partial charge in [0.15, 0.2) is 6.23 Å². The molecule has 0 fully saturated rings. The van der Waals surface area contributed by atoms with E-state index in [1.165, 1.54) is 0 Å². The molecule has 4 amide bonds. The number of carbonyl (C=O) groups excluding carboxylic acids is 3. The maximum absolute atomic E-state index is 13.4. The lowest BCUT2D eigenvalue weighted by Gasteiger charge is -2.36. The first-order chi connectivity index (χ1) is 17.8. The molecule has 2 atom stereocenters. The number of carbonyl (C=O) groups is 3. The summed E-state index contributed by atoms with van der Waals surface area (Å²) in [5, 5.41) is 5.67. The van der Waals surface area contributed by atoms with E-state index in [0.29, 0.717) is 16.3 Å². The third-order valence-electron chi connectivity index (χ3n) is 5.65. The van der Waals surface area contributed by atoms with Crippen molar-refractivity contribution in [3.05, 3.63) is 112 Å². The Kier molecular flexibility index (Phi) is 8.10. The highest BCUT2D eigenvalue weighted by Gasteiger charge is 2.42. The molecule has 3 aromatic carbocycles. The number of nitrogens with one attached hydrogen (secondary N) is 2. The van der Waals surface area contributed by atoms with E-state index < -0.39 is 30.3 Å². The van der Waals surface area contributed by atoms with Crippen molar-refractivity contribution >= 4 is 29.6 Å². The van der Waals surface area contributed by atoms with E-state index in [-0.39, 0.29) is 17.9 Å². The number of rotatable bonds is 7. The lowest BCUT2D eigenvalue weighted by molar-refractivity contribution is -0.141. The van der Waals surface area contributed by atoms with Gasteiger partial charge in [0.1, 0.15) is 18.4 Å². The van der Waals surface area contributed by atoms with Crippen LogP contribution in [0, 0.1) is 0 Å². The standard InChI is InChI=1S/C28H26ClN3O5/c1-18-24(26(33)36-17-20-10-5-3-6-11-20)25(21-12-9-13-22(29)16-21)32(27(34)30-18)28(35)31-19(2)37-23-14-7-4-8-15-23/h3-16,19,25H,17H2,1-2H3,(H,30,34)(H,31,35). The van der Waals surface area contributed by atoms with E-state index >= 15 is 0 Å². The zero-order valence-corrected chi connectivity index (χ0v) is 21.1. The topological polar surface area (TPSA) is 97.0 Å². The number of allylic oxidation sites excluding steroid dienone is 1. The molecule has 37 heavy (non-hydrogen) atoms. The minimum Gasteiger partial charge on any atom is -0.471 e. The fourth-order valence-electron chi connectivity index (χ4n) is 3.98. The Morgan fingerprint density at radius 1 is 1.03 bits per heavy atom. The molecule has 190 valence electrons. The number of benzene rings is 3. The maximum Gasteiger partial charge on any atom is 0.338 e. The van der Waals surface area contributed by atoms with Crippen molar-refractivity contribution in [1.29, 1.82) is 0 Å². The largest absolute Gasteiger partial charge is 0.471 e. The predicted molar refractivity (Wildman–Crippen MR) is 139 cm³/mol. The van der Waals surface area contributed by atoms with E-state index in [0.717, 1.165) is 10.5 Å². The van der Waals surface area contributed by atoms with Crippen LogP contribution < -0.4 is 15.4 Å². The summed E-state index contributed by atoms with van der Waals surface area (Å²) in [4.78, 5) is 40.8. The van der Waals surface area contributed by atoms with Crippen LogP contribution in [0.1, 0.15) is 31.0 Å². The lowest BCUT2D eigenvalue weighted by atomic mass is 9.94. The first kappa shape index (κ1) is 25.8. The average molecular weight is 520 g/mol. The first-order valence-corrected chi connectivity index (χ1v) is 12.0. The Bertz CT molecular complexity index is 1310. The van der Waals surface area contributed by atoms with Crippen molar-refractivity contribution in [3.8, 4) is 5.75 Å². The SMILES string of the molecule is CC1=C(C(=O)OCc2ccccc2)C(c2cccc(Cl)c2)N(C(=O)NC(C)Oc2ccccc2)C(=O)N1. The molecule has 0 aromatic heterocycles. The maximum atomic E-state index is 13.4. The molecule has 3 aromatic rings. The molecule has 2 N–H and O–H groups in total. The molecule has 1 heterocycles. The second-order valence-corrected chi connectivity index (χ2v) is 8.82. The number of urea groups is 2. The van der Waals surface area contributed by atoms with E-state index in [1.807, 2.05) is 36.4 Å². The summed E-state index contributed by atoms with van der Waals surface area (Å²) in [6.45, 7) is 3.25. The quantitative estimate of drug-likeness (QED) is 0.315. The van der Waals surface area contributed by atoms with Gasteiger partial charge in [0.05, 0.1) is 5.57 Å². The summed E-state index contributed by atoms with van der Waals surface area (Å²) in [6.07, 6.45) is -0.775. The number of hydrogen-bond donors (Lipinski definition) is 2. The minimum atomic E-state index is -1.08. The van der Waals surface area contributed by atoms with E-state index in [2.05, 4.69) is 10.6 Å². The third kappa shape index (κ3) is 6.29. The minimum absolute atomic E-state index is 0.0286. The second kappa shape index (κ2) is 11.6. The molecular weight excluding hydrogens is 494 g/mol. The van der Waals surface area contributed by atoms with Crippen LogP contribution in [-0.2, 0) is 16.1 Å². The summed E-state index contributed by atoms with van der Waals surface area (Å²) in [5.74, 6) is -0.122. The van der Waals surface area contributed by atoms with Crippen molar-refractivity contribution in [2.45, 2.75) is 32.7 Å². The number of esters is 1. The third-order valence-corrected chi connectivity index (χ3v) is 5.88. The summed E-state index contributed by atoms with van der Waals surface area (Å²) < 4.78 is 11.3. The van der Waals surface area contributed by atoms with Crippen molar-refractivity contribution in [2.75, 3.05) is 0 Å². The monoisotopic (exact) mass is 519 g/mol. The first-order valence-electron chi connectivity index (χ1n) is 11.6. The number of para-hydroxylation sites is 1. The zero-order valence-electron chi connectivity index (χ0n) is 20.3. The molecule has 4 rings (SSSR count). The predicted octanol–water partition coefficient (Wildman–Crippen LogP) is 5.56. The number of halogens is 1. The van der Waals surface area contributed by atoms with Gasteiger partial charge in [0.2, 0.25) is 0 Å². The van der Waals surface area contributed by atoms with Gasteiger partial charge < -0.3 is 20.1 Å². The van der Waals surface area contributed by atoms with Crippen LogP contribution in [-0.4, -0.2) is 29.2 Å². The Morgan fingerprint density at radius 2 is 1.70 bits per heavy atom. The lowest BCUT2D eigenvalue weighted by Crippen LogP contribution is -2.56. The van der Waals surface area contributed by atoms with Crippen molar-refractivity contribution in [3.63, 3.8) is 0 Å². The number of amides is 4. The highest BCUT2D eigenvalue weighted by molar-refractivity contribution is 6.30. The molecule has 0 saturated heterocycles. The number of hydrogen-bond acceptors (Lipinski definition) is 5. The normalized spacial score (nSPS) is 16.0. The molecule has 0 bridgehead atoms. The van der Waals surface area contributed by atoms with Crippen LogP contribution in [0.3, 0.4) is 0 Å². The summed E-state index contributed by atoms with van der Waals surface area (Å²) >= 11 is 6.24. The fourth-order valence-corrected chi connectivity index (χ4v) is 4.18. The average Bonchev–Trinajstić information content (AvgIpc) is 2.88. The van der Waals surface area contributed by atoms with Gasteiger partial charge in [-0.2, -0.15) is 0 Å². The molecule has 0 spiro atoms. The number of ether oxygens (including phenoxy) is 2.